The molecule has 118 valence electrons. The van der Waals surface area contributed by atoms with Crippen molar-refractivity contribution in [3.63, 3.8) is 0 Å². The van der Waals surface area contributed by atoms with Crippen molar-refractivity contribution in [2.24, 2.45) is 11.7 Å². The minimum absolute atomic E-state index is 0.0172. The first-order valence-corrected chi connectivity index (χ1v) is 9.99. The lowest BCUT2D eigenvalue weighted by atomic mass is 10.2. The molecule has 8 heteroatoms. The molecule has 1 unspecified atom stereocenters. The van der Waals surface area contributed by atoms with Crippen molar-refractivity contribution in [1.82, 2.24) is 4.72 Å². The molecule has 1 aromatic rings. The van der Waals surface area contributed by atoms with Crippen LogP contribution in [0.4, 0.5) is 0 Å². The third-order valence-corrected chi connectivity index (χ3v) is 6.83. The second-order valence-electron chi connectivity index (χ2n) is 5.18. The van der Waals surface area contributed by atoms with Gasteiger partial charge < -0.3 is 5.73 Å². The van der Waals surface area contributed by atoms with Crippen molar-refractivity contribution in [3.05, 3.63) is 24.3 Å². The normalized spacial score (nSPS) is 17.6. The fourth-order valence-electron chi connectivity index (χ4n) is 2.10. The summed E-state index contributed by atoms with van der Waals surface area (Å²) in [6.45, 7) is 1.75. The Morgan fingerprint density at radius 1 is 1.24 bits per heavy atom. The van der Waals surface area contributed by atoms with Crippen LogP contribution in [0.1, 0.15) is 19.8 Å². The number of benzene rings is 1. The first-order valence-electron chi connectivity index (χ1n) is 6.85. The van der Waals surface area contributed by atoms with Crippen molar-refractivity contribution < 1.29 is 16.8 Å². The molecule has 1 aliphatic rings. The number of hydrogen-bond acceptors (Lipinski definition) is 5. The smallest absolute Gasteiger partial charge is 0.240 e. The van der Waals surface area contributed by atoms with Crippen LogP contribution in [0.25, 0.3) is 0 Å². The summed E-state index contributed by atoms with van der Waals surface area (Å²) in [5.74, 6) is 0.213. The molecule has 0 heterocycles. The summed E-state index contributed by atoms with van der Waals surface area (Å²) in [5, 5.41) is 0. The van der Waals surface area contributed by atoms with Crippen LogP contribution < -0.4 is 10.5 Å². The first-order chi connectivity index (χ1) is 9.80. The van der Waals surface area contributed by atoms with Gasteiger partial charge in [-0.2, -0.15) is 0 Å². The fraction of sp³-hybridized carbons (Fsp3) is 0.538. The van der Waals surface area contributed by atoms with E-state index in [1.165, 1.54) is 31.2 Å². The molecular formula is C13H20N2O4S2. The van der Waals surface area contributed by atoms with Gasteiger partial charge in [-0.3, -0.25) is 0 Å². The van der Waals surface area contributed by atoms with Crippen molar-refractivity contribution >= 4 is 19.9 Å². The molecular weight excluding hydrogens is 312 g/mol. The van der Waals surface area contributed by atoms with Gasteiger partial charge in [0.15, 0.2) is 9.84 Å². The van der Waals surface area contributed by atoms with Gasteiger partial charge in [0.25, 0.3) is 0 Å². The molecule has 1 fully saturated rings. The summed E-state index contributed by atoms with van der Waals surface area (Å²) in [4.78, 5) is -0.0280. The Labute approximate surface area is 125 Å². The minimum Gasteiger partial charge on any atom is -0.329 e. The van der Waals surface area contributed by atoms with Crippen LogP contribution >= 0.6 is 0 Å². The molecule has 0 aromatic heterocycles. The third kappa shape index (κ3) is 3.82. The molecule has 0 saturated heterocycles. The molecule has 1 aromatic carbocycles. The molecule has 3 N–H and O–H groups in total. The van der Waals surface area contributed by atoms with Crippen LogP contribution in [0.3, 0.4) is 0 Å². The Morgan fingerprint density at radius 3 is 2.38 bits per heavy atom. The zero-order chi connectivity index (χ0) is 15.7. The fourth-order valence-corrected chi connectivity index (χ4v) is 4.47. The molecule has 0 amide bonds. The summed E-state index contributed by atoms with van der Waals surface area (Å²) >= 11 is 0. The molecule has 0 bridgehead atoms. The molecule has 2 rings (SSSR count). The molecule has 1 atom stereocenters. The van der Waals surface area contributed by atoms with Crippen LogP contribution in [0.5, 0.6) is 0 Å². The lowest BCUT2D eigenvalue weighted by molar-refractivity contribution is 0.519. The number of hydrogen-bond donors (Lipinski definition) is 2. The van der Waals surface area contributed by atoms with Gasteiger partial charge in [0.1, 0.15) is 0 Å². The number of sulfone groups is 1. The molecule has 1 aliphatic carbocycles. The van der Waals surface area contributed by atoms with Crippen LogP contribution in [0.15, 0.2) is 34.1 Å². The zero-order valence-electron chi connectivity index (χ0n) is 11.8. The molecule has 0 radical (unpaired) electrons. The van der Waals surface area contributed by atoms with Gasteiger partial charge in [0, 0.05) is 12.6 Å². The van der Waals surface area contributed by atoms with Gasteiger partial charge in [-0.05, 0) is 37.0 Å². The molecule has 1 saturated carbocycles. The van der Waals surface area contributed by atoms with E-state index in [2.05, 4.69) is 4.72 Å². The maximum absolute atomic E-state index is 12.3. The van der Waals surface area contributed by atoms with E-state index >= 15 is 0 Å². The summed E-state index contributed by atoms with van der Waals surface area (Å²) in [5.41, 5.74) is 5.60. The van der Waals surface area contributed by atoms with Gasteiger partial charge in [0.2, 0.25) is 10.0 Å². The Hall–Kier alpha value is -0.960. The average Bonchev–Trinajstić information content (AvgIpc) is 3.29. The van der Waals surface area contributed by atoms with Gasteiger partial charge in [-0.15, -0.1) is 0 Å². The largest absolute Gasteiger partial charge is 0.329 e. The summed E-state index contributed by atoms with van der Waals surface area (Å²) in [7, 11) is -7.20. The molecule has 21 heavy (non-hydrogen) atoms. The lowest BCUT2D eigenvalue weighted by Gasteiger charge is -2.16. The second kappa shape index (κ2) is 6.04. The van der Waals surface area contributed by atoms with Crippen molar-refractivity contribution in [3.8, 4) is 0 Å². The van der Waals surface area contributed by atoms with E-state index < -0.39 is 19.9 Å². The molecule has 6 nitrogen and oxygen atoms in total. The lowest BCUT2D eigenvalue weighted by Crippen LogP contribution is -2.41. The van der Waals surface area contributed by atoms with Crippen LogP contribution in [0.2, 0.25) is 0 Å². The Bertz CT molecular complexity index is 709. The van der Waals surface area contributed by atoms with E-state index in [1.807, 2.05) is 0 Å². The highest BCUT2D eigenvalue weighted by Crippen LogP contribution is 2.33. The topological polar surface area (TPSA) is 106 Å². The van der Waals surface area contributed by atoms with E-state index in [-0.39, 0.29) is 34.0 Å². The summed E-state index contributed by atoms with van der Waals surface area (Å²) in [6, 6.07) is 5.13. The van der Waals surface area contributed by atoms with Crippen LogP contribution in [-0.4, -0.2) is 35.2 Å². The highest BCUT2D eigenvalue weighted by Gasteiger charge is 2.33. The van der Waals surface area contributed by atoms with E-state index in [9.17, 15) is 16.8 Å². The Morgan fingerprint density at radius 2 is 1.86 bits per heavy atom. The Balaban J connectivity index is 2.30. The quantitative estimate of drug-likeness (QED) is 0.756. The highest BCUT2D eigenvalue weighted by molar-refractivity contribution is 7.91. The van der Waals surface area contributed by atoms with Crippen LogP contribution in [0, 0.1) is 5.92 Å². The van der Waals surface area contributed by atoms with Gasteiger partial charge in [0.05, 0.1) is 15.5 Å². The summed E-state index contributed by atoms with van der Waals surface area (Å²) < 4.78 is 50.9. The number of nitrogens with one attached hydrogen (secondary N) is 1. The monoisotopic (exact) mass is 332 g/mol. The number of rotatable bonds is 7. The van der Waals surface area contributed by atoms with Gasteiger partial charge >= 0.3 is 0 Å². The SMILES string of the molecule is CCS(=O)(=O)c1cccc(S(=O)(=O)NC(CN)C2CC2)c1. The number of sulfonamides is 1. The maximum atomic E-state index is 12.3. The Kier molecular flexibility index (Phi) is 4.72. The van der Waals surface area contributed by atoms with Crippen molar-refractivity contribution in [2.75, 3.05) is 12.3 Å². The third-order valence-electron chi connectivity index (χ3n) is 3.61. The standard InChI is InChI=1S/C13H20N2O4S2/c1-2-20(16,17)11-4-3-5-12(8-11)21(18,19)15-13(9-14)10-6-7-10/h3-5,8,10,13,15H,2,6-7,9,14H2,1H3. The second-order valence-corrected chi connectivity index (χ2v) is 9.17. The number of nitrogens with two attached hydrogens (primary N) is 1. The van der Waals surface area contributed by atoms with Crippen molar-refractivity contribution in [1.29, 1.82) is 0 Å². The predicted octanol–water partition coefficient (Wildman–Crippen LogP) is 0.496. The first kappa shape index (κ1) is 16.4. The van der Waals surface area contributed by atoms with Gasteiger partial charge in [-0.25, -0.2) is 21.6 Å². The molecule has 0 spiro atoms. The van der Waals surface area contributed by atoms with E-state index in [4.69, 9.17) is 5.73 Å². The zero-order valence-corrected chi connectivity index (χ0v) is 13.5. The highest BCUT2D eigenvalue weighted by atomic mass is 32.2. The minimum atomic E-state index is -3.76. The van der Waals surface area contributed by atoms with E-state index in [0.717, 1.165) is 12.8 Å². The summed E-state index contributed by atoms with van der Waals surface area (Å²) in [6.07, 6.45) is 1.93. The van der Waals surface area contributed by atoms with Crippen molar-refractivity contribution in [2.45, 2.75) is 35.6 Å². The van der Waals surface area contributed by atoms with E-state index in [0.29, 0.717) is 0 Å². The predicted molar refractivity (Wildman–Crippen MR) is 80.1 cm³/mol. The van der Waals surface area contributed by atoms with Crippen LogP contribution in [-0.2, 0) is 19.9 Å². The van der Waals surface area contributed by atoms with Gasteiger partial charge in [-0.1, -0.05) is 13.0 Å². The van der Waals surface area contributed by atoms with E-state index in [1.54, 1.807) is 0 Å². The maximum Gasteiger partial charge on any atom is 0.240 e. The average molecular weight is 332 g/mol. The molecule has 0 aliphatic heterocycles.